The van der Waals surface area contributed by atoms with Crippen LogP contribution in [0, 0.1) is 10.1 Å². The van der Waals surface area contributed by atoms with Crippen LogP contribution in [0.1, 0.15) is 25.3 Å². The Morgan fingerprint density at radius 2 is 2.26 bits per heavy atom. The van der Waals surface area contributed by atoms with Gasteiger partial charge in [-0.3, -0.25) is 15.0 Å². The van der Waals surface area contributed by atoms with Crippen LogP contribution < -0.4 is 5.32 Å². The molecule has 0 spiro atoms. The third kappa shape index (κ3) is 3.52. The smallest absolute Gasteiger partial charge is 0.273 e. The number of nitrogens with one attached hydrogen (secondary N) is 1. The lowest BCUT2D eigenvalue weighted by atomic mass is 10.1. The molecule has 5 nitrogen and oxygen atoms in total. The number of nitro benzene ring substituents is 1. The zero-order valence-electron chi connectivity index (χ0n) is 11.3. The molecule has 1 N–H and O–H groups in total. The summed E-state index contributed by atoms with van der Waals surface area (Å²) >= 11 is 0. The van der Waals surface area contributed by atoms with E-state index in [1.807, 2.05) is 12.1 Å². The first-order chi connectivity index (χ1) is 9.22. The topological polar surface area (TPSA) is 58.4 Å². The average molecular weight is 263 g/mol. The van der Waals surface area contributed by atoms with Crippen LogP contribution in [0.25, 0.3) is 0 Å². The van der Waals surface area contributed by atoms with Crippen molar-refractivity contribution < 1.29 is 4.92 Å². The molecule has 1 fully saturated rings. The number of para-hydroxylation sites is 1. The van der Waals surface area contributed by atoms with Gasteiger partial charge in [0.1, 0.15) is 0 Å². The van der Waals surface area contributed by atoms with Crippen LogP contribution in [0.15, 0.2) is 24.3 Å². The van der Waals surface area contributed by atoms with Gasteiger partial charge in [-0.2, -0.15) is 0 Å². The van der Waals surface area contributed by atoms with E-state index in [2.05, 4.69) is 17.1 Å². The van der Waals surface area contributed by atoms with E-state index in [4.69, 9.17) is 0 Å². The van der Waals surface area contributed by atoms with Crippen molar-refractivity contribution in [2.24, 2.45) is 0 Å². The molecule has 104 valence electrons. The number of hydrogen-bond acceptors (Lipinski definition) is 4. The van der Waals surface area contributed by atoms with E-state index in [-0.39, 0.29) is 10.6 Å². The van der Waals surface area contributed by atoms with Crippen molar-refractivity contribution in [1.29, 1.82) is 0 Å². The summed E-state index contributed by atoms with van der Waals surface area (Å²) in [4.78, 5) is 13.1. The van der Waals surface area contributed by atoms with Gasteiger partial charge in [-0.25, -0.2) is 0 Å². The lowest BCUT2D eigenvalue weighted by Gasteiger charge is -2.27. The van der Waals surface area contributed by atoms with E-state index in [1.54, 1.807) is 12.1 Å². The summed E-state index contributed by atoms with van der Waals surface area (Å²) in [5, 5.41) is 14.4. The largest absolute Gasteiger partial charge is 0.315 e. The first kappa shape index (κ1) is 14.0. The summed E-state index contributed by atoms with van der Waals surface area (Å²) < 4.78 is 0. The highest BCUT2D eigenvalue weighted by Crippen LogP contribution is 2.21. The second kappa shape index (κ2) is 6.63. The van der Waals surface area contributed by atoms with Crippen LogP contribution in [0.5, 0.6) is 0 Å². The molecule has 0 aliphatic carbocycles. The molecule has 1 heterocycles. The van der Waals surface area contributed by atoms with Gasteiger partial charge in [0, 0.05) is 30.8 Å². The van der Waals surface area contributed by atoms with E-state index in [1.165, 1.54) is 0 Å². The molecule has 0 aromatic heterocycles. The summed E-state index contributed by atoms with van der Waals surface area (Å²) in [7, 11) is 0. The van der Waals surface area contributed by atoms with Crippen molar-refractivity contribution in [2.45, 2.75) is 32.4 Å². The van der Waals surface area contributed by atoms with Gasteiger partial charge in [-0.05, 0) is 25.9 Å². The number of nitrogens with zero attached hydrogens (tertiary/aromatic N) is 2. The lowest BCUT2D eigenvalue weighted by molar-refractivity contribution is -0.385. The Balaban J connectivity index is 2.14. The Kier molecular flexibility index (Phi) is 4.87. The number of hydrogen-bond donors (Lipinski definition) is 1. The monoisotopic (exact) mass is 263 g/mol. The first-order valence-electron chi connectivity index (χ1n) is 6.89. The quantitative estimate of drug-likeness (QED) is 0.631. The predicted molar refractivity (Wildman–Crippen MR) is 75.1 cm³/mol. The molecular weight excluding hydrogens is 242 g/mol. The van der Waals surface area contributed by atoms with Crippen molar-refractivity contribution >= 4 is 5.69 Å². The molecule has 2 rings (SSSR count). The van der Waals surface area contributed by atoms with E-state index >= 15 is 0 Å². The SMILES string of the molecule is CCCN(Cc1ccccc1[N+](=O)[O-])C1CCNC1. The van der Waals surface area contributed by atoms with Crippen molar-refractivity contribution in [1.82, 2.24) is 10.2 Å². The van der Waals surface area contributed by atoms with Crippen LogP contribution in [-0.4, -0.2) is 35.5 Å². The number of rotatable bonds is 6. The van der Waals surface area contributed by atoms with Crippen molar-refractivity contribution in [2.75, 3.05) is 19.6 Å². The minimum absolute atomic E-state index is 0.231. The Bertz CT molecular complexity index is 430. The number of benzene rings is 1. The summed E-state index contributed by atoms with van der Waals surface area (Å²) in [5.74, 6) is 0. The van der Waals surface area contributed by atoms with Crippen molar-refractivity contribution in [3.63, 3.8) is 0 Å². The maximum absolute atomic E-state index is 11.1. The van der Waals surface area contributed by atoms with E-state index in [0.717, 1.165) is 38.0 Å². The molecule has 19 heavy (non-hydrogen) atoms. The van der Waals surface area contributed by atoms with Gasteiger partial charge in [0.25, 0.3) is 5.69 Å². The second-order valence-electron chi connectivity index (χ2n) is 5.00. The molecule has 0 radical (unpaired) electrons. The molecule has 1 aliphatic heterocycles. The standard InChI is InChI=1S/C14H21N3O2/c1-2-9-16(13-7-8-15-10-13)11-12-5-3-4-6-14(12)17(18)19/h3-6,13,15H,2,7-11H2,1H3. The van der Waals surface area contributed by atoms with E-state index < -0.39 is 0 Å². The van der Waals surface area contributed by atoms with Gasteiger partial charge in [0.05, 0.1) is 4.92 Å². The lowest BCUT2D eigenvalue weighted by Crippen LogP contribution is -2.37. The summed E-state index contributed by atoms with van der Waals surface area (Å²) in [6.45, 7) is 5.83. The maximum atomic E-state index is 11.1. The normalized spacial score (nSPS) is 18.9. The molecule has 5 heteroatoms. The molecule has 1 saturated heterocycles. The fourth-order valence-electron chi connectivity index (χ4n) is 2.67. The Labute approximate surface area is 113 Å². The molecule has 1 aliphatic rings. The minimum Gasteiger partial charge on any atom is -0.315 e. The molecule has 0 saturated carbocycles. The van der Waals surface area contributed by atoms with Crippen LogP contribution in [0.4, 0.5) is 5.69 Å². The highest BCUT2D eigenvalue weighted by atomic mass is 16.6. The third-order valence-corrected chi connectivity index (χ3v) is 3.62. The van der Waals surface area contributed by atoms with Gasteiger partial charge >= 0.3 is 0 Å². The highest BCUT2D eigenvalue weighted by Gasteiger charge is 2.24. The Morgan fingerprint density at radius 1 is 1.47 bits per heavy atom. The molecule has 1 atom stereocenters. The van der Waals surface area contributed by atoms with Crippen LogP contribution in [-0.2, 0) is 6.54 Å². The van der Waals surface area contributed by atoms with E-state index in [9.17, 15) is 10.1 Å². The summed E-state index contributed by atoms with van der Waals surface area (Å²) in [5.41, 5.74) is 1.04. The molecular formula is C14H21N3O2. The Morgan fingerprint density at radius 3 is 2.89 bits per heavy atom. The Hall–Kier alpha value is -1.46. The van der Waals surface area contributed by atoms with Gasteiger partial charge in [0.2, 0.25) is 0 Å². The zero-order valence-corrected chi connectivity index (χ0v) is 11.3. The van der Waals surface area contributed by atoms with Crippen LogP contribution in [0.3, 0.4) is 0 Å². The summed E-state index contributed by atoms with van der Waals surface area (Å²) in [6.07, 6.45) is 2.19. The van der Waals surface area contributed by atoms with Crippen molar-refractivity contribution in [3.05, 3.63) is 39.9 Å². The van der Waals surface area contributed by atoms with Crippen LogP contribution >= 0.6 is 0 Å². The van der Waals surface area contributed by atoms with Crippen molar-refractivity contribution in [3.8, 4) is 0 Å². The number of nitro groups is 1. The van der Waals surface area contributed by atoms with Gasteiger partial charge < -0.3 is 5.32 Å². The predicted octanol–water partition coefficient (Wildman–Crippen LogP) is 2.17. The highest BCUT2D eigenvalue weighted by molar-refractivity contribution is 5.39. The molecule has 1 aromatic rings. The van der Waals surface area contributed by atoms with Gasteiger partial charge in [0.15, 0.2) is 0 Å². The molecule has 0 amide bonds. The first-order valence-corrected chi connectivity index (χ1v) is 6.89. The van der Waals surface area contributed by atoms with Crippen LogP contribution in [0.2, 0.25) is 0 Å². The minimum atomic E-state index is -0.285. The average Bonchev–Trinajstić information content (AvgIpc) is 2.92. The second-order valence-corrected chi connectivity index (χ2v) is 5.00. The molecule has 1 unspecified atom stereocenters. The molecule has 1 aromatic carbocycles. The zero-order chi connectivity index (χ0) is 13.7. The molecule has 0 bridgehead atoms. The van der Waals surface area contributed by atoms with E-state index in [0.29, 0.717) is 12.6 Å². The fraction of sp³-hybridized carbons (Fsp3) is 0.571. The van der Waals surface area contributed by atoms with Gasteiger partial charge in [-0.1, -0.05) is 25.1 Å². The fourth-order valence-corrected chi connectivity index (χ4v) is 2.67. The summed E-state index contributed by atoms with van der Waals surface area (Å²) in [6, 6.07) is 7.55. The maximum Gasteiger partial charge on any atom is 0.273 e. The third-order valence-electron chi connectivity index (χ3n) is 3.62. The van der Waals surface area contributed by atoms with Gasteiger partial charge in [-0.15, -0.1) is 0 Å².